The summed E-state index contributed by atoms with van der Waals surface area (Å²) in [5, 5.41) is 23.9. The normalized spacial score (nSPS) is 10.3. The van der Waals surface area contributed by atoms with Crippen LogP contribution in [-0.4, -0.2) is 30.8 Å². The van der Waals surface area contributed by atoms with Gasteiger partial charge in [0, 0.05) is 13.2 Å². The number of aryl methyl sites for hydroxylation is 2. The molecule has 20 heavy (non-hydrogen) atoms. The number of hydrogen-bond acceptors (Lipinski definition) is 6. The molecule has 0 spiro atoms. The van der Waals surface area contributed by atoms with Crippen LogP contribution in [0.2, 0.25) is 0 Å². The fourth-order valence-electron chi connectivity index (χ4n) is 1.69. The second-order valence-corrected chi connectivity index (χ2v) is 3.88. The van der Waals surface area contributed by atoms with Crippen molar-refractivity contribution < 1.29 is 19.6 Å². The highest BCUT2D eigenvalue weighted by atomic mass is 16.6. The summed E-state index contributed by atoms with van der Waals surface area (Å²) in [7, 11) is 1.46. The minimum absolute atomic E-state index is 0.0916. The highest BCUT2D eigenvalue weighted by molar-refractivity contribution is 5.88. The molecular weight excluding hydrogens is 268 g/mol. The zero-order valence-corrected chi connectivity index (χ0v) is 10.6. The molecule has 0 aliphatic rings. The summed E-state index contributed by atoms with van der Waals surface area (Å²) < 4.78 is 6.50. The summed E-state index contributed by atoms with van der Waals surface area (Å²) in [6.45, 7) is 1.46. The zero-order chi connectivity index (χ0) is 14.9. The van der Waals surface area contributed by atoms with Gasteiger partial charge >= 0.3 is 11.7 Å². The topological polar surface area (TPSA) is 120 Å². The number of aromatic nitrogens is 3. The molecule has 0 saturated carbocycles. The second-order valence-electron chi connectivity index (χ2n) is 3.88. The molecule has 0 aromatic carbocycles. The van der Waals surface area contributed by atoms with Crippen LogP contribution >= 0.6 is 0 Å². The molecule has 0 fully saturated rings. The Kier molecular flexibility index (Phi) is 3.34. The van der Waals surface area contributed by atoms with Gasteiger partial charge in [-0.05, 0) is 19.1 Å². The molecule has 9 heteroatoms. The number of carbonyl (C=O) groups is 1. The van der Waals surface area contributed by atoms with Gasteiger partial charge in [-0.25, -0.2) is 14.5 Å². The minimum atomic E-state index is -1.29. The molecule has 2 aromatic rings. The Balaban J connectivity index is 2.51. The Bertz CT molecular complexity index is 694. The van der Waals surface area contributed by atoms with Crippen molar-refractivity contribution in [3.8, 4) is 11.6 Å². The number of carboxylic acid groups (broad SMARTS) is 1. The molecule has 2 aromatic heterocycles. The lowest BCUT2D eigenvalue weighted by molar-refractivity contribution is -0.386. The van der Waals surface area contributed by atoms with Gasteiger partial charge < -0.3 is 9.84 Å². The molecule has 0 radical (unpaired) electrons. The van der Waals surface area contributed by atoms with E-state index in [1.54, 1.807) is 0 Å². The minimum Gasteiger partial charge on any atom is -0.476 e. The standard InChI is InChI=1S/C11H10N4O5/c1-6-9(15(18)19)10(14(2)13-6)20-7-4-3-5-12-8(7)11(16)17/h3-5H,1-2H3,(H,16,17). The molecule has 0 bridgehead atoms. The number of ether oxygens (including phenoxy) is 1. The number of rotatable bonds is 4. The maximum absolute atomic E-state index is 11.0. The van der Waals surface area contributed by atoms with E-state index in [0.717, 1.165) is 0 Å². The lowest BCUT2D eigenvalue weighted by atomic mass is 10.3. The van der Waals surface area contributed by atoms with Crippen molar-refractivity contribution in [2.75, 3.05) is 0 Å². The average Bonchev–Trinajstić information content (AvgIpc) is 2.64. The maximum atomic E-state index is 11.0. The van der Waals surface area contributed by atoms with E-state index in [0.29, 0.717) is 0 Å². The summed E-state index contributed by atoms with van der Waals surface area (Å²) in [6.07, 6.45) is 1.29. The number of nitro groups is 1. The van der Waals surface area contributed by atoms with Gasteiger partial charge in [0.05, 0.1) is 4.92 Å². The Morgan fingerprint density at radius 3 is 2.85 bits per heavy atom. The third-order valence-corrected chi connectivity index (χ3v) is 2.50. The van der Waals surface area contributed by atoms with Crippen LogP contribution in [0.25, 0.3) is 0 Å². The van der Waals surface area contributed by atoms with Crippen molar-refractivity contribution in [3.05, 3.63) is 39.8 Å². The molecular formula is C11H10N4O5. The summed E-state index contributed by atoms with van der Waals surface area (Å²) in [5.41, 5.74) is -0.471. The summed E-state index contributed by atoms with van der Waals surface area (Å²) in [4.78, 5) is 25.1. The van der Waals surface area contributed by atoms with E-state index < -0.39 is 10.9 Å². The summed E-state index contributed by atoms with van der Waals surface area (Å²) >= 11 is 0. The van der Waals surface area contributed by atoms with Crippen molar-refractivity contribution in [1.29, 1.82) is 0 Å². The number of carboxylic acids is 1. The van der Waals surface area contributed by atoms with E-state index in [1.807, 2.05) is 0 Å². The third kappa shape index (κ3) is 2.28. The molecule has 104 valence electrons. The average molecular weight is 278 g/mol. The number of pyridine rings is 1. The first-order chi connectivity index (χ1) is 9.41. The van der Waals surface area contributed by atoms with Crippen LogP contribution in [-0.2, 0) is 7.05 Å². The Morgan fingerprint density at radius 2 is 2.25 bits per heavy atom. The smallest absolute Gasteiger partial charge is 0.358 e. The largest absolute Gasteiger partial charge is 0.476 e. The van der Waals surface area contributed by atoms with Crippen LogP contribution in [0.5, 0.6) is 11.6 Å². The lowest BCUT2D eigenvalue weighted by Gasteiger charge is -2.06. The van der Waals surface area contributed by atoms with Gasteiger partial charge in [0.2, 0.25) is 0 Å². The van der Waals surface area contributed by atoms with Crippen molar-refractivity contribution in [3.63, 3.8) is 0 Å². The van der Waals surface area contributed by atoms with Gasteiger partial charge in [-0.3, -0.25) is 10.1 Å². The molecule has 9 nitrogen and oxygen atoms in total. The fourth-order valence-corrected chi connectivity index (χ4v) is 1.69. The van der Waals surface area contributed by atoms with E-state index >= 15 is 0 Å². The lowest BCUT2D eigenvalue weighted by Crippen LogP contribution is -2.05. The van der Waals surface area contributed by atoms with Crippen molar-refractivity contribution in [1.82, 2.24) is 14.8 Å². The van der Waals surface area contributed by atoms with Crippen LogP contribution in [0.4, 0.5) is 5.69 Å². The van der Waals surface area contributed by atoms with Gasteiger partial charge in [-0.1, -0.05) is 0 Å². The molecule has 0 aliphatic heterocycles. The molecule has 0 atom stereocenters. The second kappa shape index (κ2) is 4.96. The van der Waals surface area contributed by atoms with Gasteiger partial charge in [0.25, 0.3) is 5.88 Å². The molecule has 0 unspecified atom stereocenters. The van der Waals surface area contributed by atoms with Crippen LogP contribution in [0.15, 0.2) is 18.3 Å². The van der Waals surface area contributed by atoms with Crippen LogP contribution in [0.1, 0.15) is 16.2 Å². The SMILES string of the molecule is Cc1nn(C)c(Oc2cccnc2C(=O)O)c1[N+](=O)[O-]. The first-order valence-corrected chi connectivity index (χ1v) is 5.46. The van der Waals surface area contributed by atoms with E-state index in [4.69, 9.17) is 9.84 Å². The molecule has 0 amide bonds. The van der Waals surface area contributed by atoms with Crippen molar-refractivity contribution >= 4 is 11.7 Å². The van der Waals surface area contributed by atoms with Gasteiger partial charge in [0.15, 0.2) is 11.4 Å². The Labute approximate surface area is 112 Å². The number of nitrogens with zero attached hydrogens (tertiary/aromatic N) is 4. The quantitative estimate of drug-likeness (QED) is 0.664. The highest BCUT2D eigenvalue weighted by Crippen LogP contribution is 2.34. The first kappa shape index (κ1) is 13.5. The fraction of sp³-hybridized carbons (Fsp3) is 0.182. The first-order valence-electron chi connectivity index (χ1n) is 5.46. The van der Waals surface area contributed by atoms with Crippen molar-refractivity contribution in [2.45, 2.75) is 6.92 Å². The van der Waals surface area contributed by atoms with Gasteiger partial charge in [0.1, 0.15) is 5.69 Å². The number of aromatic carboxylic acids is 1. The van der Waals surface area contributed by atoms with E-state index in [-0.39, 0.29) is 28.7 Å². The monoisotopic (exact) mass is 278 g/mol. The Hall–Kier alpha value is -2.97. The third-order valence-electron chi connectivity index (χ3n) is 2.50. The predicted octanol–water partition coefficient (Wildman–Crippen LogP) is 1.52. The maximum Gasteiger partial charge on any atom is 0.358 e. The molecule has 0 saturated heterocycles. The van der Waals surface area contributed by atoms with Gasteiger partial charge in [-0.2, -0.15) is 5.10 Å². The number of hydrogen-bond donors (Lipinski definition) is 1. The predicted molar refractivity (Wildman–Crippen MR) is 65.9 cm³/mol. The van der Waals surface area contributed by atoms with E-state index in [2.05, 4.69) is 10.1 Å². The van der Waals surface area contributed by atoms with E-state index in [1.165, 1.54) is 37.0 Å². The Morgan fingerprint density at radius 1 is 1.55 bits per heavy atom. The van der Waals surface area contributed by atoms with Gasteiger partial charge in [-0.15, -0.1) is 0 Å². The van der Waals surface area contributed by atoms with Crippen molar-refractivity contribution in [2.24, 2.45) is 7.05 Å². The molecule has 0 aliphatic carbocycles. The summed E-state index contributed by atoms with van der Waals surface area (Å²) in [5.74, 6) is -1.53. The van der Waals surface area contributed by atoms with Crippen LogP contribution in [0, 0.1) is 17.0 Å². The van der Waals surface area contributed by atoms with Crippen LogP contribution in [0.3, 0.4) is 0 Å². The molecule has 1 N–H and O–H groups in total. The molecule has 2 rings (SSSR count). The zero-order valence-electron chi connectivity index (χ0n) is 10.6. The molecule has 2 heterocycles. The highest BCUT2D eigenvalue weighted by Gasteiger charge is 2.27. The van der Waals surface area contributed by atoms with Crippen LogP contribution < -0.4 is 4.74 Å². The summed E-state index contributed by atoms with van der Waals surface area (Å²) in [6, 6.07) is 2.83. The van der Waals surface area contributed by atoms with E-state index in [9.17, 15) is 14.9 Å².